The number of thioether (sulfide) groups is 1. The molecule has 0 radical (unpaired) electrons. The van der Waals surface area contributed by atoms with Crippen LogP contribution in [-0.4, -0.2) is 26.2 Å². The summed E-state index contributed by atoms with van der Waals surface area (Å²) in [6.07, 6.45) is 0. The van der Waals surface area contributed by atoms with Crippen LogP contribution in [0, 0.1) is 17.8 Å². The summed E-state index contributed by atoms with van der Waals surface area (Å²) in [6.45, 7) is 3.98. The Morgan fingerprint density at radius 2 is 1.91 bits per heavy atom. The monoisotopic (exact) mass is 524 g/mol. The largest absolute Gasteiger partial charge is 0.497 e. The molecular formula is C24H20N4O2S4. The molecule has 3 aromatic heterocycles. The Morgan fingerprint density at radius 3 is 2.65 bits per heavy atom. The van der Waals surface area contributed by atoms with Gasteiger partial charge in [0, 0.05) is 17.2 Å². The van der Waals surface area contributed by atoms with Crippen LogP contribution < -0.4 is 10.3 Å². The number of aromatic nitrogens is 4. The molecule has 0 fully saturated rings. The average Bonchev–Trinajstić information content (AvgIpc) is 3.40. The summed E-state index contributed by atoms with van der Waals surface area (Å²) in [4.78, 5) is 23.4. The van der Waals surface area contributed by atoms with Gasteiger partial charge in [0.15, 0.2) is 14.8 Å². The number of para-hydroxylation sites is 1. The Balaban J connectivity index is 1.75. The minimum Gasteiger partial charge on any atom is -0.497 e. The van der Waals surface area contributed by atoms with Crippen LogP contribution in [0.2, 0.25) is 0 Å². The summed E-state index contributed by atoms with van der Waals surface area (Å²) in [6, 6.07) is 15.4. The van der Waals surface area contributed by atoms with Crippen LogP contribution in [0.5, 0.6) is 5.75 Å². The smallest absolute Gasteiger partial charge is 0.278 e. The molecule has 5 aromatic rings. The van der Waals surface area contributed by atoms with Gasteiger partial charge in [-0.05, 0) is 49.8 Å². The van der Waals surface area contributed by atoms with Crippen LogP contribution in [0.3, 0.4) is 0 Å². The number of aryl methyl sites for hydroxylation is 2. The molecule has 0 unspecified atom stereocenters. The molecule has 0 amide bonds. The first kappa shape index (κ1) is 23.0. The first-order chi connectivity index (χ1) is 16.5. The Kier molecular flexibility index (Phi) is 6.39. The van der Waals surface area contributed by atoms with Gasteiger partial charge in [0.2, 0.25) is 0 Å². The van der Waals surface area contributed by atoms with Gasteiger partial charge in [-0.3, -0.25) is 13.9 Å². The number of nitrogens with zero attached hydrogens (tertiary/aromatic N) is 4. The average molecular weight is 525 g/mol. The third-order valence-corrected chi connectivity index (χ3v) is 8.41. The van der Waals surface area contributed by atoms with Crippen molar-refractivity contribution in [1.29, 1.82) is 0 Å². The van der Waals surface area contributed by atoms with Crippen molar-refractivity contribution in [2.24, 2.45) is 0 Å². The zero-order chi connectivity index (χ0) is 23.8. The van der Waals surface area contributed by atoms with E-state index in [0.29, 0.717) is 31.0 Å². The molecule has 2 aromatic carbocycles. The van der Waals surface area contributed by atoms with E-state index < -0.39 is 0 Å². The molecule has 0 aliphatic rings. The normalized spacial score (nSPS) is 11.3. The SMILES string of the molecule is COc1cccc(-n2c(=S)sc3c(=O)n(-c4ccccc4C)c(SCc4csc(C)n4)nc32)c1. The molecule has 0 saturated carbocycles. The summed E-state index contributed by atoms with van der Waals surface area (Å²) in [5, 5.41) is 3.65. The van der Waals surface area contributed by atoms with Crippen molar-refractivity contribution in [2.75, 3.05) is 7.11 Å². The van der Waals surface area contributed by atoms with Crippen molar-refractivity contribution >= 4 is 57.0 Å². The lowest BCUT2D eigenvalue weighted by Crippen LogP contribution is -2.22. The van der Waals surface area contributed by atoms with Crippen LogP contribution >= 0.6 is 46.7 Å². The fourth-order valence-electron chi connectivity index (χ4n) is 3.65. The fourth-order valence-corrected chi connectivity index (χ4v) is 6.56. The molecule has 3 heterocycles. The highest BCUT2D eigenvalue weighted by Gasteiger charge is 2.20. The Labute approximate surface area is 213 Å². The maximum absolute atomic E-state index is 13.9. The molecule has 0 saturated heterocycles. The maximum atomic E-state index is 13.9. The highest BCUT2D eigenvalue weighted by atomic mass is 32.2. The molecule has 34 heavy (non-hydrogen) atoms. The van der Waals surface area contributed by atoms with Gasteiger partial charge in [0.05, 0.1) is 29.2 Å². The summed E-state index contributed by atoms with van der Waals surface area (Å²) < 4.78 is 10.0. The second-order valence-corrected chi connectivity index (χ2v) is 11.2. The first-order valence-electron chi connectivity index (χ1n) is 10.4. The van der Waals surface area contributed by atoms with E-state index in [1.807, 2.05) is 72.3 Å². The predicted molar refractivity (Wildman–Crippen MR) is 143 cm³/mol. The topological polar surface area (TPSA) is 61.9 Å². The van der Waals surface area contributed by atoms with Gasteiger partial charge in [0.25, 0.3) is 5.56 Å². The van der Waals surface area contributed by atoms with Gasteiger partial charge >= 0.3 is 0 Å². The summed E-state index contributed by atoms with van der Waals surface area (Å²) in [5.74, 6) is 1.32. The second-order valence-electron chi connectivity index (χ2n) is 7.53. The van der Waals surface area contributed by atoms with E-state index in [2.05, 4.69) is 4.98 Å². The van der Waals surface area contributed by atoms with Crippen molar-refractivity contribution in [1.82, 2.24) is 19.1 Å². The number of methoxy groups -OCH3 is 1. The lowest BCUT2D eigenvalue weighted by Gasteiger charge is -2.14. The van der Waals surface area contributed by atoms with Crippen molar-refractivity contribution in [3.63, 3.8) is 0 Å². The third-order valence-electron chi connectivity index (χ3n) is 5.26. The molecule has 0 N–H and O–H groups in total. The van der Waals surface area contributed by atoms with Gasteiger partial charge < -0.3 is 4.74 Å². The van der Waals surface area contributed by atoms with Crippen molar-refractivity contribution in [2.45, 2.75) is 24.8 Å². The minimum atomic E-state index is -0.131. The van der Waals surface area contributed by atoms with E-state index in [9.17, 15) is 4.79 Å². The quantitative estimate of drug-likeness (QED) is 0.147. The predicted octanol–water partition coefficient (Wildman–Crippen LogP) is 6.34. The lowest BCUT2D eigenvalue weighted by molar-refractivity contribution is 0.414. The third kappa shape index (κ3) is 4.22. The number of thiazole rings is 2. The summed E-state index contributed by atoms with van der Waals surface area (Å²) >= 11 is 10.1. The van der Waals surface area contributed by atoms with Gasteiger partial charge in [-0.25, -0.2) is 9.97 Å². The fraction of sp³-hybridized carbons (Fsp3) is 0.167. The van der Waals surface area contributed by atoms with Gasteiger partial charge in [-0.15, -0.1) is 11.3 Å². The van der Waals surface area contributed by atoms with E-state index in [1.54, 1.807) is 23.0 Å². The van der Waals surface area contributed by atoms with Gasteiger partial charge in [-0.2, -0.15) is 0 Å². The van der Waals surface area contributed by atoms with Gasteiger partial charge in [-0.1, -0.05) is 47.4 Å². The van der Waals surface area contributed by atoms with E-state index in [4.69, 9.17) is 21.9 Å². The van der Waals surface area contributed by atoms with Crippen molar-refractivity contribution < 1.29 is 4.74 Å². The molecule has 10 heteroatoms. The molecule has 0 aliphatic heterocycles. The minimum absolute atomic E-state index is 0.131. The zero-order valence-electron chi connectivity index (χ0n) is 18.6. The van der Waals surface area contributed by atoms with Crippen LogP contribution in [0.15, 0.2) is 63.9 Å². The van der Waals surface area contributed by atoms with Gasteiger partial charge in [0.1, 0.15) is 10.4 Å². The highest BCUT2D eigenvalue weighted by Crippen LogP contribution is 2.30. The van der Waals surface area contributed by atoms with Crippen molar-refractivity contribution in [3.8, 4) is 17.1 Å². The van der Waals surface area contributed by atoms with Crippen LogP contribution in [0.1, 0.15) is 16.3 Å². The van der Waals surface area contributed by atoms with Crippen molar-refractivity contribution in [3.05, 3.63) is 84.5 Å². The Hall–Kier alpha value is -2.79. The standard InChI is InChI=1S/C24H20N4O2S4/c1-14-7-4-5-10-19(14)28-22(29)20-21(26-23(28)33-13-16-12-32-15(2)25-16)27(24(31)34-20)17-8-6-9-18(11-17)30-3/h4-12H,13H2,1-3H3. The van der Waals surface area contributed by atoms with E-state index in [-0.39, 0.29) is 5.56 Å². The molecule has 0 spiro atoms. The molecule has 0 bridgehead atoms. The molecule has 0 aliphatic carbocycles. The number of ether oxygens (including phenoxy) is 1. The highest BCUT2D eigenvalue weighted by molar-refractivity contribution is 7.98. The number of hydrogen-bond acceptors (Lipinski definition) is 8. The maximum Gasteiger partial charge on any atom is 0.278 e. The van der Waals surface area contributed by atoms with E-state index in [1.165, 1.54) is 23.1 Å². The number of rotatable bonds is 6. The van der Waals surface area contributed by atoms with Crippen LogP contribution in [-0.2, 0) is 5.75 Å². The molecule has 6 nitrogen and oxygen atoms in total. The summed E-state index contributed by atoms with van der Waals surface area (Å²) in [5.41, 5.74) is 4.00. The molecule has 0 atom stereocenters. The molecular weight excluding hydrogens is 505 g/mol. The van der Waals surface area contributed by atoms with E-state index >= 15 is 0 Å². The van der Waals surface area contributed by atoms with Crippen LogP contribution in [0.4, 0.5) is 0 Å². The molecule has 172 valence electrons. The second kappa shape index (κ2) is 9.46. The zero-order valence-corrected chi connectivity index (χ0v) is 21.9. The number of fused-ring (bicyclic) bond motifs is 1. The number of hydrogen-bond donors (Lipinski definition) is 0. The summed E-state index contributed by atoms with van der Waals surface area (Å²) in [7, 11) is 1.62. The number of benzene rings is 2. The van der Waals surface area contributed by atoms with Crippen LogP contribution in [0.25, 0.3) is 21.7 Å². The molecule has 5 rings (SSSR count). The van der Waals surface area contributed by atoms with E-state index in [0.717, 1.165) is 27.6 Å². The Bertz CT molecular complexity index is 1630. The Morgan fingerprint density at radius 1 is 1.09 bits per heavy atom. The first-order valence-corrected chi connectivity index (χ1v) is 13.5. The lowest BCUT2D eigenvalue weighted by atomic mass is 10.2.